The van der Waals surface area contributed by atoms with Crippen molar-refractivity contribution in [2.75, 3.05) is 18.6 Å². The number of ether oxygens (including phenoxy) is 2. The minimum atomic E-state index is -0.330. The first kappa shape index (κ1) is 23.6. The van der Waals surface area contributed by atoms with E-state index in [1.807, 2.05) is 12.1 Å². The van der Waals surface area contributed by atoms with E-state index in [2.05, 4.69) is 69.1 Å². The molecule has 0 spiro atoms. The Bertz CT molecular complexity index is 998. The van der Waals surface area contributed by atoms with Crippen molar-refractivity contribution < 1.29 is 14.3 Å². The van der Waals surface area contributed by atoms with Crippen molar-refractivity contribution in [3.8, 4) is 11.5 Å². The summed E-state index contributed by atoms with van der Waals surface area (Å²) in [5, 5.41) is 4.16. The Hall–Kier alpha value is -3.02. The van der Waals surface area contributed by atoms with Gasteiger partial charge in [-0.2, -0.15) is 5.10 Å². The third kappa shape index (κ3) is 5.06. The summed E-state index contributed by atoms with van der Waals surface area (Å²) in [6, 6.07) is 12.1. The third-order valence-electron chi connectivity index (χ3n) is 6.00. The Kier molecular flexibility index (Phi) is 7.12. The van der Waals surface area contributed by atoms with Gasteiger partial charge in [-0.3, -0.25) is 4.79 Å². The number of carbonyl (C=O) groups is 1. The number of para-hydroxylation sites is 2. The third-order valence-corrected chi connectivity index (χ3v) is 6.00. The molecular formula is C26H35N3O3. The lowest BCUT2D eigenvalue weighted by molar-refractivity contribution is -0.123. The highest BCUT2D eigenvalue weighted by Crippen LogP contribution is 2.45. The van der Waals surface area contributed by atoms with E-state index >= 15 is 0 Å². The van der Waals surface area contributed by atoms with Gasteiger partial charge >= 0.3 is 0 Å². The van der Waals surface area contributed by atoms with E-state index in [1.165, 1.54) is 11.3 Å². The van der Waals surface area contributed by atoms with Crippen molar-refractivity contribution >= 4 is 17.8 Å². The maximum Gasteiger partial charge on any atom is 0.277 e. The van der Waals surface area contributed by atoms with Crippen LogP contribution in [0.5, 0.6) is 11.5 Å². The summed E-state index contributed by atoms with van der Waals surface area (Å²) in [7, 11) is 1.57. The van der Waals surface area contributed by atoms with Crippen molar-refractivity contribution in [2.45, 2.75) is 65.5 Å². The summed E-state index contributed by atoms with van der Waals surface area (Å²) in [6.07, 6.45) is 2.80. The van der Waals surface area contributed by atoms with Crippen LogP contribution in [-0.2, 0) is 4.79 Å². The first-order valence-corrected chi connectivity index (χ1v) is 11.2. The largest absolute Gasteiger partial charge is 0.493 e. The van der Waals surface area contributed by atoms with Gasteiger partial charge in [0.05, 0.1) is 13.3 Å². The molecule has 172 valence electrons. The van der Waals surface area contributed by atoms with E-state index in [1.54, 1.807) is 25.5 Å². The molecule has 1 N–H and O–H groups in total. The molecule has 2 aromatic carbocycles. The Labute approximate surface area is 191 Å². The first-order chi connectivity index (χ1) is 15.1. The van der Waals surface area contributed by atoms with Crippen LogP contribution in [0.2, 0.25) is 0 Å². The number of anilines is 1. The molecule has 0 radical (unpaired) electrons. The standard InChI is InChI=1S/C26H35N3O3/c1-17(2)29-22-12-18(3)20(13-21(22)19(4)14-26(29,5)6)15-27-28-25(30)16-32-24-11-9-8-10-23(24)31-7/h8-13,15,17,19H,14,16H2,1-7H3,(H,28,30)/b27-15+/t19-/m1/s1. The summed E-state index contributed by atoms with van der Waals surface area (Å²) in [5.41, 5.74) is 7.42. The van der Waals surface area contributed by atoms with Crippen molar-refractivity contribution in [1.29, 1.82) is 0 Å². The number of nitrogens with zero attached hydrogens (tertiary/aromatic N) is 2. The van der Waals surface area contributed by atoms with Crippen LogP contribution in [0.3, 0.4) is 0 Å². The average Bonchev–Trinajstić information content (AvgIpc) is 2.72. The molecule has 2 aromatic rings. The fraction of sp³-hybridized carbons (Fsp3) is 0.462. The quantitative estimate of drug-likeness (QED) is 0.487. The number of nitrogens with one attached hydrogen (secondary N) is 1. The van der Waals surface area contributed by atoms with E-state index in [0.29, 0.717) is 23.5 Å². The monoisotopic (exact) mass is 437 g/mol. The summed E-state index contributed by atoms with van der Waals surface area (Å²) >= 11 is 0. The predicted octanol–water partition coefficient (Wildman–Crippen LogP) is 5.03. The molecule has 0 fully saturated rings. The van der Waals surface area contributed by atoms with Gasteiger partial charge in [-0.15, -0.1) is 0 Å². The molecule has 6 nitrogen and oxygen atoms in total. The number of methoxy groups -OCH3 is 1. The molecule has 1 atom stereocenters. The molecule has 1 heterocycles. The van der Waals surface area contributed by atoms with Gasteiger partial charge in [0.25, 0.3) is 5.91 Å². The van der Waals surface area contributed by atoms with Crippen LogP contribution in [0.4, 0.5) is 5.69 Å². The second-order valence-corrected chi connectivity index (χ2v) is 9.38. The number of rotatable bonds is 7. The fourth-order valence-electron chi connectivity index (χ4n) is 4.82. The normalized spacial score (nSPS) is 17.4. The fourth-order valence-corrected chi connectivity index (χ4v) is 4.82. The molecule has 0 unspecified atom stereocenters. The van der Waals surface area contributed by atoms with Crippen LogP contribution in [0, 0.1) is 6.92 Å². The molecule has 0 saturated carbocycles. The van der Waals surface area contributed by atoms with Gasteiger partial charge in [-0.1, -0.05) is 19.1 Å². The summed E-state index contributed by atoms with van der Waals surface area (Å²) in [5.74, 6) is 1.22. The Morgan fingerprint density at radius 2 is 1.97 bits per heavy atom. The highest BCUT2D eigenvalue weighted by Gasteiger charge is 2.37. The molecule has 32 heavy (non-hydrogen) atoms. The molecule has 0 saturated heterocycles. The second kappa shape index (κ2) is 9.63. The lowest BCUT2D eigenvalue weighted by atomic mass is 9.78. The topological polar surface area (TPSA) is 63.2 Å². The van der Waals surface area contributed by atoms with Crippen LogP contribution >= 0.6 is 0 Å². The van der Waals surface area contributed by atoms with Crippen LogP contribution < -0.4 is 19.8 Å². The first-order valence-electron chi connectivity index (χ1n) is 11.2. The Morgan fingerprint density at radius 1 is 1.28 bits per heavy atom. The maximum absolute atomic E-state index is 12.2. The number of hydrazone groups is 1. The summed E-state index contributed by atoms with van der Waals surface area (Å²) < 4.78 is 10.8. The molecule has 1 amide bonds. The summed E-state index contributed by atoms with van der Waals surface area (Å²) in [4.78, 5) is 14.7. The minimum absolute atomic E-state index is 0.109. The molecule has 0 aliphatic carbocycles. The van der Waals surface area contributed by atoms with Crippen LogP contribution in [0.15, 0.2) is 41.5 Å². The summed E-state index contributed by atoms with van der Waals surface area (Å²) in [6.45, 7) is 13.4. The number of carbonyl (C=O) groups excluding carboxylic acids is 1. The number of amides is 1. The molecule has 6 heteroatoms. The van der Waals surface area contributed by atoms with Gasteiger partial charge in [0, 0.05) is 17.3 Å². The maximum atomic E-state index is 12.2. The van der Waals surface area contributed by atoms with Crippen molar-refractivity contribution in [3.05, 3.63) is 53.1 Å². The van der Waals surface area contributed by atoms with Gasteiger partial charge in [-0.05, 0) is 87.9 Å². The number of aryl methyl sites for hydroxylation is 1. The molecule has 0 aromatic heterocycles. The molecule has 3 rings (SSSR count). The van der Waals surface area contributed by atoms with E-state index in [-0.39, 0.29) is 18.1 Å². The number of hydrogen-bond donors (Lipinski definition) is 1. The average molecular weight is 438 g/mol. The van der Waals surface area contributed by atoms with Crippen LogP contribution in [-0.4, -0.2) is 37.4 Å². The van der Waals surface area contributed by atoms with Gasteiger partial charge in [0.1, 0.15) is 0 Å². The smallest absolute Gasteiger partial charge is 0.277 e. The highest BCUT2D eigenvalue weighted by atomic mass is 16.5. The van der Waals surface area contributed by atoms with Gasteiger partial charge in [-0.25, -0.2) is 5.43 Å². The zero-order valence-electron chi connectivity index (χ0n) is 20.2. The van der Waals surface area contributed by atoms with E-state index < -0.39 is 0 Å². The van der Waals surface area contributed by atoms with E-state index in [4.69, 9.17) is 9.47 Å². The Morgan fingerprint density at radius 3 is 2.62 bits per heavy atom. The van der Waals surface area contributed by atoms with E-state index in [9.17, 15) is 4.79 Å². The predicted molar refractivity (Wildman–Crippen MR) is 130 cm³/mol. The van der Waals surface area contributed by atoms with Crippen molar-refractivity contribution in [2.24, 2.45) is 5.10 Å². The lowest BCUT2D eigenvalue weighted by Crippen LogP contribution is -2.51. The molecule has 1 aliphatic rings. The lowest BCUT2D eigenvalue weighted by Gasteiger charge is -2.50. The zero-order valence-corrected chi connectivity index (χ0v) is 20.2. The number of benzene rings is 2. The number of fused-ring (bicyclic) bond motifs is 1. The SMILES string of the molecule is COc1ccccc1OCC(=O)N/N=C/c1cc2c(cc1C)N(C(C)C)C(C)(C)C[C@H]2C. The van der Waals surface area contributed by atoms with E-state index in [0.717, 1.165) is 17.5 Å². The number of hydrogen-bond acceptors (Lipinski definition) is 5. The van der Waals surface area contributed by atoms with Gasteiger partial charge < -0.3 is 14.4 Å². The van der Waals surface area contributed by atoms with Gasteiger partial charge in [0.2, 0.25) is 0 Å². The highest BCUT2D eigenvalue weighted by molar-refractivity contribution is 5.86. The van der Waals surface area contributed by atoms with Crippen molar-refractivity contribution in [3.63, 3.8) is 0 Å². The Balaban J connectivity index is 1.70. The van der Waals surface area contributed by atoms with Crippen molar-refractivity contribution in [1.82, 2.24) is 5.43 Å². The molecular weight excluding hydrogens is 402 g/mol. The minimum Gasteiger partial charge on any atom is -0.493 e. The van der Waals surface area contributed by atoms with Crippen LogP contribution in [0.25, 0.3) is 0 Å². The second-order valence-electron chi connectivity index (χ2n) is 9.38. The molecule has 0 bridgehead atoms. The van der Waals surface area contributed by atoms with Gasteiger partial charge in [0.15, 0.2) is 18.1 Å². The molecule has 1 aliphatic heterocycles. The van der Waals surface area contributed by atoms with Crippen LogP contribution in [0.1, 0.15) is 63.6 Å². The zero-order chi connectivity index (χ0) is 23.5.